The molecule has 0 saturated carbocycles. The van der Waals surface area contributed by atoms with E-state index in [0.717, 1.165) is 22.1 Å². The van der Waals surface area contributed by atoms with Gasteiger partial charge in [-0.15, -0.1) is 11.3 Å². The lowest BCUT2D eigenvalue weighted by Gasteiger charge is -2.25. The molecule has 2 aliphatic rings. The standard InChI is InChI=1S/C18H17BrClN3O3S/c19-11-1-2-13-12(5-11)18(3-4-22(9-18)17(26)8-24)10-23(13)16(25)6-15-21-7-14(20)27-15/h1-2,5,7,24H,3-4,6,8-10H2. The van der Waals surface area contributed by atoms with E-state index in [1.807, 2.05) is 18.2 Å². The zero-order valence-corrected chi connectivity index (χ0v) is 17.5. The van der Waals surface area contributed by atoms with Gasteiger partial charge in [0.15, 0.2) is 0 Å². The van der Waals surface area contributed by atoms with Crippen LogP contribution >= 0.6 is 38.9 Å². The number of aliphatic hydroxyl groups excluding tert-OH is 1. The molecule has 2 aromatic rings. The lowest BCUT2D eigenvalue weighted by atomic mass is 9.81. The highest BCUT2D eigenvalue weighted by Crippen LogP contribution is 2.47. The van der Waals surface area contributed by atoms with Crippen LogP contribution in [0.1, 0.15) is 17.0 Å². The molecular weight excluding hydrogens is 454 g/mol. The van der Waals surface area contributed by atoms with Crippen molar-refractivity contribution in [2.45, 2.75) is 18.3 Å². The van der Waals surface area contributed by atoms with Crippen molar-refractivity contribution < 1.29 is 14.7 Å². The number of anilines is 1. The van der Waals surface area contributed by atoms with Gasteiger partial charge in [0, 0.05) is 35.2 Å². The molecule has 9 heteroatoms. The molecule has 1 atom stereocenters. The molecule has 142 valence electrons. The highest BCUT2D eigenvalue weighted by atomic mass is 79.9. The molecule has 0 aliphatic carbocycles. The number of hydrogen-bond acceptors (Lipinski definition) is 5. The molecule has 6 nitrogen and oxygen atoms in total. The van der Waals surface area contributed by atoms with Crippen LogP contribution in [0.25, 0.3) is 0 Å². The highest BCUT2D eigenvalue weighted by molar-refractivity contribution is 9.10. The van der Waals surface area contributed by atoms with E-state index in [2.05, 4.69) is 20.9 Å². The Morgan fingerprint density at radius 1 is 1.33 bits per heavy atom. The third-order valence-corrected chi connectivity index (χ3v) is 6.86. The summed E-state index contributed by atoms with van der Waals surface area (Å²) in [7, 11) is 0. The van der Waals surface area contributed by atoms with Gasteiger partial charge in [-0.05, 0) is 30.2 Å². The van der Waals surface area contributed by atoms with E-state index >= 15 is 0 Å². The van der Waals surface area contributed by atoms with Gasteiger partial charge in [0.1, 0.15) is 16.0 Å². The average Bonchev–Trinajstić information content (AvgIpc) is 3.34. The zero-order chi connectivity index (χ0) is 19.2. The van der Waals surface area contributed by atoms with Crippen LogP contribution in [0.3, 0.4) is 0 Å². The predicted octanol–water partition coefficient (Wildman–Crippen LogP) is 2.61. The Bertz CT molecular complexity index is 921. The van der Waals surface area contributed by atoms with Crippen molar-refractivity contribution in [3.63, 3.8) is 0 Å². The topological polar surface area (TPSA) is 73.7 Å². The summed E-state index contributed by atoms with van der Waals surface area (Å²) in [5, 5.41) is 9.88. The van der Waals surface area contributed by atoms with Crippen LogP contribution in [-0.2, 0) is 21.4 Å². The third-order valence-electron chi connectivity index (χ3n) is 5.25. The fourth-order valence-corrected chi connectivity index (χ4v) is 5.30. The fourth-order valence-electron chi connectivity index (χ4n) is 3.99. The van der Waals surface area contributed by atoms with Crippen LogP contribution in [0.5, 0.6) is 0 Å². The first kappa shape index (κ1) is 18.9. The first-order valence-corrected chi connectivity index (χ1v) is 10.5. The van der Waals surface area contributed by atoms with E-state index in [4.69, 9.17) is 11.6 Å². The van der Waals surface area contributed by atoms with Gasteiger partial charge >= 0.3 is 0 Å². The number of likely N-dealkylation sites (tertiary alicyclic amines) is 1. The van der Waals surface area contributed by atoms with Crippen molar-refractivity contribution in [2.24, 2.45) is 0 Å². The van der Waals surface area contributed by atoms with Crippen LogP contribution in [0, 0.1) is 0 Å². The molecule has 2 amide bonds. The van der Waals surface area contributed by atoms with Gasteiger partial charge in [-0.2, -0.15) is 0 Å². The van der Waals surface area contributed by atoms with Gasteiger partial charge in [-0.1, -0.05) is 27.5 Å². The van der Waals surface area contributed by atoms with Crippen molar-refractivity contribution in [2.75, 3.05) is 31.1 Å². The largest absolute Gasteiger partial charge is 0.387 e. The second kappa shape index (κ2) is 7.16. The second-order valence-electron chi connectivity index (χ2n) is 6.88. The van der Waals surface area contributed by atoms with Gasteiger partial charge in [0.05, 0.1) is 12.6 Å². The molecular formula is C18H17BrClN3O3S. The van der Waals surface area contributed by atoms with Crippen molar-refractivity contribution in [3.05, 3.63) is 43.8 Å². The number of nitrogens with zero attached hydrogens (tertiary/aromatic N) is 3. The summed E-state index contributed by atoms with van der Waals surface area (Å²) < 4.78 is 1.50. The van der Waals surface area contributed by atoms with E-state index in [1.54, 1.807) is 16.0 Å². The Morgan fingerprint density at radius 3 is 2.85 bits per heavy atom. The summed E-state index contributed by atoms with van der Waals surface area (Å²) >= 11 is 10.8. The Labute approximate surface area is 173 Å². The fraction of sp³-hybridized carbons (Fsp3) is 0.389. The summed E-state index contributed by atoms with van der Waals surface area (Å²) in [6.45, 7) is 1.11. The highest BCUT2D eigenvalue weighted by Gasteiger charge is 2.49. The van der Waals surface area contributed by atoms with Crippen molar-refractivity contribution in [1.29, 1.82) is 0 Å². The quantitative estimate of drug-likeness (QED) is 0.748. The number of amides is 2. The monoisotopic (exact) mass is 469 g/mol. The number of aliphatic hydroxyl groups is 1. The number of rotatable bonds is 3. The molecule has 1 N–H and O–H groups in total. The summed E-state index contributed by atoms with van der Waals surface area (Å²) in [6, 6.07) is 5.90. The minimum Gasteiger partial charge on any atom is -0.387 e. The van der Waals surface area contributed by atoms with Crippen LogP contribution in [0.2, 0.25) is 4.34 Å². The van der Waals surface area contributed by atoms with Gasteiger partial charge in [0.2, 0.25) is 11.8 Å². The van der Waals surface area contributed by atoms with Crippen LogP contribution in [0.15, 0.2) is 28.9 Å². The van der Waals surface area contributed by atoms with Crippen LogP contribution < -0.4 is 4.90 Å². The number of carbonyl (C=O) groups excluding carboxylic acids is 2. The maximum absolute atomic E-state index is 13.0. The van der Waals surface area contributed by atoms with Crippen LogP contribution in [-0.4, -0.2) is 53.0 Å². The van der Waals surface area contributed by atoms with E-state index < -0.39 is 6.61 Å². The number of benzene rings is 1. The molecule has 4 rings (SSSR count). The number of hydrogen-bond donors (Lipinski definition) is 1. The van der Waals surface area contributed by atoms with Crippen molar-refractivity contribution in [1.82, 2.24) is 9.88 Å². The van der Waals surface area contributed by atoms with Crippen LogP contribution in [0.4, 0.5) is 5.69 Å². The molecule has 1 aromatic heterocycles. The Balaban J connectivity index is 1.64. The molecule has 1 saturated heterocycles. The summed E-state index contributed by atoms with van der Waals surface area (Å²) in [4.78, 5) is 32.6. The summed E-state index contributed by atoms with van der Waals surface area (Å²) in [5.74, 6) is -0.306. The summed E-state index contributed by atoms with van der Waals surface area (Å²) in [6.07, 6.45) is 2.51. The smallest absolute Gasteiger partial charge is 0.248 e. The first-order chi connectivity index (χ1) is 12.9. The zero-order valence-electron chi connectivity index (χ0n) is 14.3. The Morgan fingerprint density at radius 2 is 2.15 bits per heavy atom. The first-order valence-electron chi connectivity index (χ1n) is 8.51. The lowest BCUT2D eigenvalue weighted by Crippen LogP contribution is -2.41. The third kappa shape index (κ3) is 3.40. The molecule has 27 heavy (non-hydrogen) atoms. The second-order valence-corrected chi connectivity index (χ2v) is 9.54. The molecule has 1 fully saturated rings. The molecule has 1 aromatic carbocycles. The van der Waals surface area contributed by atoms with Crippen molar-refractivity contribution in [3.8, 4) is 0 Å². The van der Waals surface area contributed by atoms with E-state index in [0.29, 0.717) is 29.0 Å². The average molecular weight is 471 g/mol. The lowest BCUT2D eigenvalue weighted by molar-refractivity contribution is -0.133. The van der Waals surface area contributed by atoms with Gasteiger partial charge in [-0.3, -0.25) is 9.59 Å². The van der Waals surface area contributed by atoms with Gasteiger partial charge < -0.3 is 14.9 Å². The normalized spacial score (nSPS) is 21.1. The molecule has 3 heterocycles. The van der Waals surface area contributed by atoms with E-state index in [1.165, 1.54) is 11.3 Å². The Kier molecular flexibility index (Phi) is 5.00. The molecule has 0 radical (unpaired) electrons. The molecule has 2 aliphatic heterocycles. The maximum Gasteiger partial charge on any atom is 0.248 e. The van der Waals surface area contributed by atoms with E-state index in [9.17, 15) is 14.7 Å². The molecule has 0 bridgehead atoms. The van der Waals surface area contributed by atoms with Crippen molar-refractivity contribution >= 4 is 56.4 Å². The van der Waals surface area contributed by atoms with Gasteiger partial charge in [0.25, 0.3) is 0 Å². The minimum atomic E-state index is -0.491. The number of halogens is 2. The SMILES string of the molecule is O=C(CO)N1CCC2(C1)CN(C(=O)Cc1ncc(Cl)s1)c1ccc(Br)cc12. The number of fused-ring (bicyclic) bond motifs is 2. The molecule has 1 unspecified atom stereocenters. The maximum atomic E-state index is 13.0. The van der Waals surface area contributed by atoms with E-state index in [-0.39, 0.29) is 23.7 Å². The van der Waals surface area contributed by atoms with Gasteiger partial charge in [-0.25, -0.2) is 4.98 Å². The molecule has 1 spiro atoms. The number of thiazole rings is 1. The number of carbonyl (C=O) groups is 2. The summed E-state index contributed by atoms with van der Waals surface area (Å²) in [5.41, 5.74) is 1.64. The Hall–Kier alpha value is -1.48. The number of aromatic nitrogens is 1. The minimum absolute atomic E-state index is 0.0339. The predicted molar refractivity (Wildman–Crippen MR) is 107 cm³/mol.